The number of piperazine rings is 1. The zero-order chi connectivity index (χ0) is 13.0. The molecule has 0 aliphatic carbocycles. The molecule has 0 aromatic carbocycles. The van der Waals surface area contributed by atoms with Gasteiger partial charge in [0.25, 0.3) is 0 Å². The van der Waals surface area contributed by atoms with Gasteiger partial charge in [0.1, 0.15) is 0 Å². The maximum atomic E-state index is 9.57. The highest BCUT2D eigenvalue weighted by atomic mass is 16.3. The summed E-state index contributed by atoms with van der Waals surface area (Å²) in [6, 6.07) is 0.721. The monoisotopic (exact) mass is 243 g/mol. The summed E-state index contributed by atoms with van der Waals surface area (Å²) in [5.41, 5.74) is 6.20. The summed E-state index contributed by atoms with van der Waals surface area (Å²) in [7, 11) is 0. The Bertz CT molecular complexity index is 223. The van der Waals surface area contributed by atoms with E-state index in [1.807, 2.05) is 0 Å². The Labute approximate surface area is 106 Å². The van der Waals surface area contributed by atoms with Crippen molar-refractivity contribution in [2.24, 2.45) is 11.7 Å². The standard InChI is InChI=1S/C13H29N3O/c1-5-15-6-7-16(8-11(15)4)12(9-17)13(14)10(2)3/h10-13,17H,5-9,14H2,1-4H3. The minimum absolute atomic E-state index is 0.0559. The van der Waals surface area contributed by atoms with Crippen LogP contribution >= 0.6 is 0 Å². The van der Waals surface area contributed by atoms with Gasteiger partial charge in [-0.05, 0) is 19.4 Å². The summed E-state index contributed by atoms with van der Waals surface area (Å²) in [5.74, 6) is 0.409. The summed E-state index contributed by atoms with van der Waals surface area (Å²) in [6.45, 7) is 13.1. The summed E-state index contributed by atoms with van der Waals surface area (Å²) in [6.07, 6.45) is 0. The van der Waals surface area contributed by atoms with Gasteiger partial charge in [0.15, 0.2) is 0 Å². The molecule has 3 N–H and O–H groups in total. The maximum Gasteiger partial charge on any atom is 0.0602 e. The molecule has 1 heterocycles. The first-order valence-electron chi connectivity index (χ1n) is 6.85. The second-order valence-corrected chi connectivity index (χ2v) is 5.54. The van der Waals surface area contributed by atoms with E-state index < -0.39 is 0 Å². The predicted octanol–water partition coefficient (Wildman–Crippen LogP) is 0.357. The minimum Gasteiger partial charge on any atom is -0.395 e. The van der Waals surface area contributed by atoms with E-state index in [2.05, 4.69) is 37.5 Å². The molecule has 0 aromatic heterocycles. The Balaban J connectivity index is 2.60. The predicted molar refractivity (Wildman–Crippen MR) is 72.0 cm³/mol. The molecule has 0 bridgehead atoms. The second-order valence-electron chi connectivity index (χ2n) is 5.54. The topological polar surface area (TPSA) is 52.7 Å². The third kappa shape index (κ3) is 3.65. The van der Waals surface area contributed by atoms with Gasteiger partial charge in [-0.2, -0.15) is 0 Å². The molecule has 0 radical (unpaired) electrons. The zero-order valence-corrected chi connectivity index (χ0v) is 11.8. The van der Waals surface area contributed by atoms with Gasteiger partial charge in [-0.1, -0.05) is 20.8 Å². The van der Waals surface area contributed by atoms with Crippen LogP contribution < -0.4 is 5.73 Å². The van der Waals surface area contributed by atoms with Gasteiger partial charge in [-0.25, -0.2) is 0 Å². The molecule has 3 atom stereocenters. The molecule has 1 saturated heterocycles. The third-order valence-corrected chi connectivity index (χ3v) is 4.07. The number of nitrogens with zero attached hydrogens (tertiary/aromatic N) is 2. The first kappa shape index (κ1) is 14.9. The lowest BCUT2D eigenvalue weighted by Gasteiger charge is -2.44. The maximum absolute atomic E-state index is 9.57. The van der Waals surface area contributed by atoms with Crippen LogP contribution in [0.4, 0.5) is 0 Å². The van der Waals surface area contributed by atoms with Crippen LogP contribution in [-0.2, 0) is 0 Å². The summed E-state index contributed by atoms with van der Waals surface area (Å²) >= 11 is 0. The third-order valence-electron chi connectivity index (χ3n) is 4.07. The molecule has 1 aliphatic heterocycles. The molecule has 0 spiro atoms. The van der Waals surface area contributed by atoms with Crippen molar-refractivity contribution in [2.75, 3.05) is 32.8 Å². The van der Waals surface area contributed by atoms with Crippen molar-refractivity contribution in [3.63, 3.8) is 0 Å². The van der Waals surface area contributed by atoms with Crippen LogP contribution in [-0.4, -0.2) is 65.8 Å². The van der Waals surface area contributed by atoms with E-state index in [4.69, 9.17) is 5.73 Å². The fraction of sp³-hybridized carbons (Fsp3) is 1.00. The van der Waals surface area contributed by atoms with Crippen LogP contribution in [0.5, 0.6) is 0 Å². The van der Waals surface area contributed by atoms with Crippen molar-refractivity contribution in [1.29, 1.82) is 0 Å². The molecular weight excluding hydrogens is 214 g/mol. The molecule has 102 valence electrons. The summed E-state index contributed by atoms with van der Waals surface area (Å²) < 4.78 is 0. The van der Waals surface area contributed by atoms with Gasteiger partial charge in [-0.3, -0.25) is 9.80 Å². The molecule has 0 saturated carbocycles. The van der Waals surface area contributed by atoms with Crippen LogP contribution in [0.3, 0.4) is 0 Å². The molecule has 0 aromatic rings. The lowest BCUT2D eigenvalue weighted by molar-refractivity contribution is 0.0219. The number of hydrogen-bond acceptors (Lipinski definition) is 4. The lowest BCUT2D eigenvalue weighted by Crippen LogP contribution is -2.60. The highest BCUT2D eigenvalue weighted by Gasteiger charge is 2.31. The number of aliphatic hydroxyl groups is 1. The fourth-order valence-electron chi connectivity index (χ4n) is 2.72. The smallest absolute Gasteiger partial charge is 0.0602 e. The van der Waals surface area contributed by atoms with Gasteiger partial charge >= 0.3 is 0 Å². The van der Waals surface area contributed by atoms with E-state index >= 15 is 0 Å². The Hall–Kier alpha value is -0.160. The molecule has 1 rings (SSSR count). The number of aliphatic hydroxyl groups excluding tert-OH is 1. The van der Waals surface area contributed by atoms with E-state index in [0.717, 1.165) is 26.2 Å². The number of hydrogen-bond donors (Lipinski definition) is 2. The second kappa shape index (κ2) is 6.69. The first-order valence-corrected chi connectivity index (χ1v) is 6.85. The summed E-state index contributed by atoms with van der Waals surface area (Å²) in [5, 5.41) is 9.57. The highest BCUT2D eigenvalue weighted by molar-refractivity contribution is 4.89. The van der Waals surface area contributed by atoms with E-state index in [1.54, 1.807) is 0 Å². The van der Waals surface area contributed by atoms with E-state index in [-0.39, 0.29) is 18.7 Å². The van der Waals surface area contributed by atoms with Crippen molar-refractivity contribution in [2.45, 2.75) is 45.8 Å². The van der Waals surface area contributed by atoms with Crippen LogP contribution in [0, 0.1) is 5.92 Å². The van der Waals surface area contributed by atoms with Gasteiger partial charge in [0, 0.05) is 37.8 Å². The van der Waals surface area contributed by atoms with Crippen molar-refractivity contribution in [1.82, 2.24) is 9.80 Å². The average Bonchev–Trinajstić information content (AvgIpc) is 2.30. The van der Waals surface area contributed by atoms with E-state index in [9.17, 15) is 5.11 Å². The largest absolute Gasteiger partial charge is 0.395 e. The van der Waals surface area contributed by atoms with E-state index in [1.165, 1.54) is 0 Å². The van der Waals surface area contributed by atoms with Gasteiger partial charge in [0.2, 0.25) is 0 Å². The number of likely N-dealkylation sites (N-methyl/N-ethyl adjacent to an activating group) is 1. The van der Waals surface area contributed by atoms with Gasteiger partial charge in [0.05, 0.1) is 6.61 Å². The Morgan fingerprint density at radius 3 is 2.41 bits per heavy atom. The Kier molecular flexibility index (Phi) is 5.86. The van der Waals surface area contributed by atoms with Crippen LogP contribution in [0.15, 0.2) is 0 Å². The SMILES string of the molecule is CCN1CCN(C(CO)C(N)C(C)C)CC1C. The Morgan fingerprint density at radius 2 is 2.00 bits per heavy atom. The van der Waals surface area contributed by atoms with Crippen molar-refractivity contribution >= 4 is 0 Å². The van der Waals surface area contributed by atoms with Crippen LogP contribution in [0.25, 0.3) is 0 Å². The molecule has 1 fully saturated rings. The molecule has 4 heteroatoms. The lowest BCUT2D eigenvalue weighted by atomic mass is 9.95. The molecule has 3 unspecified atom stereocenters. The van der Waals surface area contributed by atoms with Crippen molar-refractivity contribution in [3.8, 4) is 0 Å². The van der Waals surface area contributed by atoms with Gasteiger partial charge in [-0.15, -0.1) is 0 Å². The highest BCUT2D eigenvalue weighted by Crippen LogP contribution is 2.16. The fourth-order valence-corrected chi connectivity index (χ4v) is 2.72. The zero-order valence-electron chi connectivity index (χ0n) is 11.8. The summed E-state index contributed by atoms with van der Waals surface area (Å²) in [4.78, 5) is 4.84. The number of nitrogens with two attached hydrogens (primary N) is 1. The van der Waals surface area contributed by atoms with Crippen LogP contribution in [0.2, 0.25) is 0 Å². The molecule has 4 nitrogen and oxygen atoms in total. The molecular formula is C13H29N3O. The average molecular weight is 243 g/mol. The quantitative estimate of drug-likeness (QED) is 0.732. The molecule has 0 amide bonds. The van der Waals surface area contributed by atoms with Crippen molar-refractivity contribution < 1.29 is 5.11 Å². The van der Waals surface area contributed by atoms with Crippen molar-refractivity contribution in [3.05, 3.63) is 0 Å². The number of rotatable bonds is 5. The Morgan fingerprint density at radius 1 is 1.35 bits per heavy atom. The normalized spacial score (nSPS) is 27.4. The molecule has 1 aliphatic rings. The van der Waals surface area contributed by atoms with Crippen LogP contribution in [0.1, 0.15) is 27.7 Å². The molecule has 17 heavy (non-hydrogen) atoms. The first-order chi connectivity index (χ1) is 8.01. The van der Waals surface area contributed by atoms with E-state index in [0.29, 0.717) is 12.0 Å². The van der Waals surface area contributed by atoms with Gasteiger partial charge < -0.3 is 10.8 Å². The minimum atomic E-state index is 0.0559.